The average Bonchev–Trinajstić information content (AvgIpc) is 3.18. The molecule has 0 spiro atoms. The molecule has 2 aromatic heterocycles. The lowest BCUT2D eigenvalue weighted by molar-refractivity contribution is -0.114. The molecule has 4 aromatic rings. The maximum absolute atomic E-state index is 12.9. The molecule has 0 radical (unpaired) electrons. The van der Waals surface area contributed by atoms with Crippen LogP contribution in [0.2, 0.25) is 5.02 Å². The molecule has 7 nitrogen and oxygen atoms in total. The molecule has 0 atom stereocenters. The Hall–Kier alpha value is -3.71. The predicted octanol–water partition coefficient (Wildman–Crippen LogP) is 4.99. The number of fused-ring (bicyclic) bond motifs is 1. The summed E-state index contributed by atoms with van der Waals surface area (Å²) in [6.07, 6.45) is 3.36. The molecule has 0 unspecified atom stereocenters. The van der Waals surface area contributed by atoms with E-state index in [9.17, 15) is 9.59 Å². The van der Waals surface area contributed by atoms with Crippen LogP contribution in [0.3, 0.4) is 0 Å². The Balaban J connectivity index is 1.49. The Morgan fingerprint density at radius 2 is 1.79 bits per heavy atom. The van der Waals surface area contributed by atoms with Crippen LogP contribution in [0.15, 0.2) is 54.7 Å². The first-order valence-corrected chi connectivity index (χ1v) is 11.5. The van der Waals surface area contributed by atoms with Crippen LogP contribution in [0, 0.1) is 13.8 Å². The van der Waals surface area contributed by atoms with Crippen LogP contribution in [-0.2, 0) is 11.2 Å². The predicted molar refractivity (Wildman–Crippen MR) is 134 cm³/mol. The third kappa shape index (κ3) is 5.43. The van der Waals surface area contributed by atoms with Gasteiger partial charge in [0.05, 0.1) is 11.9 Å². The third-order valence-corrected chi connectivity index (χ3v) is 5.81. The molecule has 0 aliphatic rings. The number of hydrogen-bond donors (Lipinski definition) is 2. The van der Waals surface area contributed by atoms with Crippen molar-refractivity contribution in [1.82, 2.24) is 19.9 Å². The number of nitrogens with one attached hydrogen (secondary N) is 2. The number of hydrogen-bond acceptors (Lipinski definition) is 4. The number of halogens is 1. The van der Waals surface area contributed by atoms with Gasteiger partial charge in [-0.3, -0.25) is 9.59 Å². The summed E-state index contributed by atoms with van der Waals surface area (Å²) in [7, 11) is 0. The van der Waals surface area contributed by atoms with Crippen molar-refractivity contribution in [3.8, 4) is 11.3 Å². The number of amides is 2. The van der Waals surface area contributed by atoms with Gasteiger partial charge in [0.2, 0.25) is 5.91 Å². The average molecular weight is 476 g/mol. The first-order valence-electron chi connectivity index (χ1n) is 11.1. The quantitative estimate of drug-likeness (QED) is 0.369. The van der Waals surface area contributed by atoms with Gasteiger partial charge in [-0.05, 0) is 73.7 Å². The molecule has 174 valence electrons. The van der Waals surface area contributed by atoms with E-state index in [0.29, 0.717) is 29.3 Å². The summed E-state index contributed by atoms with van der Waals surface area (Å²) in [4.78, 5) is 28.6. The van der Waals surface area contributed by atoms with E-state index in [1.807, 2.05) is 62.4 Å². The summed E-state index contributed by atoms with van der Waals surface area (Å²) in [5.74, 6) is 0.143. The van der Waals surface area contributed by atoms with E-state index >= 15 is 0 Å². The highest BCUT2D eigenvalue weighted by Gasteiger charge is 2.15. The van der Waals surface area contributed by atoms with Crippen LogP contribution in [-0.4, -0.2) is 33.0 Å². The molecule has 4 rings (SSSR count). The SMILES string of the molecule is CC(=O)Nc1cn2nc(-c3cc(C(=O)NCCCc4ccc(Cl)cc4)c(C)cc3C)ccc2n1. The molecule has 0 saturated carbocycles. The highest BCUT2D eigenvalue weighted by Crippen LogP contribution is 2.26. The van der Waals surface area contributed by atoms with Gasteiger partial charge < -0.3 is 10.6 Å². The minimum absolute atomic E-state index is 0.105. The minimum atomic E-state index is -0.193. The van der Waals surface area contributed by atoms with Crippen molar-refractivity contribution in [3.05, 3.63) is 82.0 Å². The van der Waals surface area contributed by atoms with Crippen LogP contribution >= 0.6 is 11.6 Å². The Labute approximate surface area is 203 Å². The lowest BCUT2D eigenvalue weighted by Crippen LogP contribution is -2.25. The van der Waals surface area contributed by atoms with Gasteiger partial charge in [-0.2, -0.15) is 5.10 Å². The van der Waals surface area contributed by atoms with E-state index in [2.05, 4.69) is 20.7 Å². The van der Waals surface area contributed by atoms with Crippen LogP contribution in [0.25, 0.3) is 16.9 Å². The zero-order valence-electron chi connectivity index (χ0n) is 19.4. The van der Waals surface area contributed by atoms with Crippen LogP contribution < -0.4 is 10.6 Å². The summed E-state index contributed by atoms with van der Waals surface area (Å²) >= 11 is 5.93. The second-order valence-electron chi connectivity index (χ2n) is 8.30. The number of nitrogens with zero attached hydrogens (tertiary/aromatic N) is 3. The van der Waals surface area contributed by atoms with E-state index < -0.39 is 0 Å². The summed E-state index contributed by atoms with van der Waals surface area (Å²) in [6.45, 7) is 5.95. The number of benzene rings is 2. The number of rotatable bonds is 7. The highest BCUT2D eigenvalue weighted by atomic mass is 35.5. The fourth-order valence-corrected chi connectivity index (χ4v) is 4.01. The third-order valence-electron chi connectivity index (χ3n) is 5.56. The zero-order valence-corrected chi connectivity index (χ0v) is 20.1. The van der Waals surface area contributed by atoms with E-state index in [0.717, 1.165) is 34.6 Å². The van der Waals surface area contributed by atoms with Gasteiger partial charge in [-0.15, -0.1) is 0 Å². The van der Waals surface area contributed by atoms with E-state index in [-0.39, 0.29) is 11.8 Å². The van der Waals surface area contributed by atoms with Crippen LogP contribution in [0.5, 0.6) is 0 Å². The fourth-order valence-electron chi connectivity index (χ4n) is 3.88. The molecule has 0 aliphatic carbocycles. The molecule has 2 aromatic carbocycles. The van der Waals surface area contributed by atoms with E-state index in [1.54, 1.807) is 10.7 Å². The van der Waals surface area contributed by atoms with E-state index in [4.69, 9.17) is 11.6 Å². The smallest absolute Gasteiger partial charge is 0.251 e. The number of carbonyl (C=O) groups is 2. The molecule has 0 aliphatic heterocycles. The normalized spacial score (nSPS) is 10.9. The second kappa shape index (κ2) is 10.1. The molecular formula is C26H26ClN5O2. The van der Waals surface area contributed by atoms with Gasteiger partial charge in [0.15, 0.2) is 11.5 Å². The molecule has 0 bridgehead atoms. The first-order chi connectivity index (χ1) is 16.3. The standard InChI is InChI=1S/C26H26ClN5O2/c1-16-13-17(2)22(26(34)28-12-4-5-19-6-8-20(27)9-7-19)14-21(16)23-10-11-25-30-24(29-18(3)33)15-32(25)31-23/h6-11,13-15H,4-5,12H2,1-3H3,(H,28,34)(H,29,33). The van der Waals surface area contributed by atoms with Crippen molar-refractivity contribution >= 4 is 34.9 Å². The number of carbonyl (C=O) groups excluding carboxylic acids is 2. The van der Waals surface area contributed by atoms with Crippen molar-refractivity contribution in [3.63, 3.8) is 0 Å². The molecular weight excluding hydrogens is 450 g/mol. The van der Waals surface area contributed by atoms with Gasteiger partial charge >= 0.3 is 0 Å². The Bertz CT molecular complexity index is 1360. The molecule has 0 fully saturated rings. The van der Waals surface area contributed by atoms with Gasteiger partial charge in [-0.25, -0.2) is 9.50 Å². The Morgan fingerprint density at radius 3 is 2.53 bits per heavy atom. The summed E-state index contributed by atoms with van der Waals surface area (Å²) < 4.78 is 1.62. The first kappa shape index (κ1) is 23.4. The molecule has 2 heterocycles. The molecule has 2 N–H and O–H groups in total. The molecule has 2 amide bonds. The number of anilines is 1. The van der Waals surface area contributed by atoms with E-state index in [1.165, 1.54) is 12.5 Å². The summed E-state index contributed by atoms with van der Waals surface area (Å²) in [5.41, 5.74) is 5.95. The lowest BCUT2D eigenvalue weighted by atomic mass is 9.97. The topological polar surface area (TPSA) is 88.4 Å². The number of imidazole rings is 1. The van der Waals surface area contributed by atoms with Crippen molar-refractivity contribution < 1.29 is 9.59 Å². The van der Waals surface area contributed by atoms with Gasteiger partial charge in [0, 0.05) is 29.6 Å². The van der Waals surface area contributed by atoms with Crippen LogP contribution in [0.4, 0.5) is 5.82 Å². The van der Waals surface area contributed by atoms with Crippen molar-refractivity contribution in [2.24, 2.45) is 0 Å². The Kier molecular flexibility index (Phi) is 6.93. The maximum atomic E-state index is 12.9. The van der Waals surface area contributed by atoms with Crippen molar-refractivity contribution in [2.45, 2.75) is 33.6 Å². The lowest BCUT2D eigenvalue weighted by Gasteiger charge is -2.13. The highest BCUT2D eigenvalue weighted by molar-refractivity contribution is 6.30. The van der Waals surface area contributed by atoms with Crippen LogP contribution in [0.1, 0.15) is 40.4 Å². The molecule has 0 saturated heterocycles. The second-order valence-corrected chi connectivity index (χ2v) is 8.73. The van der Waals surface area contributed by atoms with Crippen molar-refractivity contribution in [2.75, 3.05) is 11.9 Å². The number of aryl methyl sites for hydroxylation is 3. The molecule has 8 heteroatoms. The summed E-state index contributed by atoms with van der Waals surface area (Å²) in [5, 5.41) is 11.1. The number of aromatic nitrogens is 3. The largest absolute Gasteiger partial charge is 0.352 e. The fraction of sp³-hybridized carbons (Fsp3) is 0.231. The monoisotopic (exact) mass is 475 g/mol. The summed E-state index contributed by atoms with van der Waals surface area (Å²) in [6, 6.07) is 15.4. The van der Waals surface area contributed by atoms with Crippen molar-refractivity contribution in [1.29, 1.82) is 0 Å². The maximum Gasteiger partial charge on any atom is 0.251 e. The minimum Gasteiger partial charge on any atom is -0.352 e. The molecule has 34 heavy (non-hydrogen) atoms. The van der Waals surface area contributed by atoms with Gasteiger partial charge in [0.25, 0.3) is 5.91 Å². The Morgan fingerprint density at radius 1 is 1.03 bits per heavy atom. The zero-order chi connectivity index (χ0) is 24.2. The van der Waals surface area contributed by atoms with Gasteiger partial charge in [0.1, 0.15) is 0 Å². The van der Waals surface area contributed by atoms with Gasteiger partial charge in [-0.1, -0.05) is 29.8 Å².